The van der Waals surface area contributed by atoms with E-state index in [-0.39, 0.29) is 18.1 Å². The summed E-state index contributed by atoms with van der Waals surface area (Å²) in [6.45, 7) is 1.35. The lowest BCUT2D eigenvalue weighted by molar-refractivity contribution is -0.0512. The fourth-order valence-electron chi connectivity index (χ4n) is 4.89. The molecule has 0 saturated carbocycles. The van der Waals surface area contributed by atoms with E-state index in [2.05, 4.69) is 4.74 Å². The molecule has 2 aromatic carbocycles. The average Bonchev–Trinajstić information content (AvgIpc) is 3.19. The van der Waals surface area contributed by atoms with Crippen LogP contribution in [0.2, 0.25) is 0 Å². The lowest BCUT2D eigenvalue weighted by Crippen LogP contribution is -2.15. The molecule has 0 fully saturated rings. The number of aromatic nitrogens is 1. The summed E-state index contributed by atoms with van der Waals surface area (Å²) in [5.74, 6) is 0.862. The predicted octanol–water partition coefficient (Wildman–Crippen LogP) is 5.50. The summed E-state index contributed by atoms with van der Waals surface area (Å²) < 4.78 is 60.1. The fraction of sp³-hybridized carbons (Fsp3) is 0.370. The van der Waals surface area contributed by atoms with E-state index in [1.54, 1.807) is 31.2 Å². The Hall–Kier alpha value is -3.95. The lowest BCUT2D eigenvalue weighted by Gasteiger charge is -2.23. The first-order chi connectivity index (χ1) is 17.8. The van der Waals surface area contributed by atoms with Gasteiger partial charge >= 0.3 is 12.6 Å². The number of nitrogens with zero attached hydrogens (tertiary/aromatic N) is 1. The Morgan fingerprint density at radius 1 is 0.946 bits per heavy atom. The molecule has 8 nitrogen and oxygen atoms in total. The maximum absolute atomic E-state index is 13.5. The molecular weight excluding hydrogens is 488 g/mol. The van der Waals surface area contributed by atoms with Gasteiger partial charge in [-0.3, -0.25) is 0 Å². The Bertz CT molecular complexity index is 1310. The van der Waals surface area contributed by atoms with Crippen molar-refractivity contribution < 1.29 is 42.0 Å². The Morgan fingerprint density at radius 2 is 1.59 bits per heavy atom. The molecule has 2 heterocycles. The molecule has 0 atom stereocenters. The maximum Gasteiger partial charge on any atom is 0.387 e. The Morgan fingerprint density at radius 3 is 2.14 bits per heavy atom. The van der Waals surface area contributed by atoms with Crippen LogP contribution in [-0.4, -0.2) is 52.2 Å². The third-order valence-corrected chi connectivity index (χ3v) is 6.42. The molecule has 0 bridgehead atoms. The molecule has 1 aromatic heterocycles. The lowest BCUT2D eigenvalue weighted by atomic mass is 9.93. The number of halogens is 2. The van der Waals surface area contributed by atoms with Gasteiger partial charge in [0.15, 0.2) is 23.0 Å². The van der Waals surface area contributed by atoms with Gasteiger partial charge < -0.3 is 33.0 Å². The highest BCUT2D eigenvalue weighted by molar-refractivity contribution is 6.06. The van der Waals surface area contributed by atoms with Crippen molar-refractivity contribution in [1.82, 2.24) is 4.57 Å². The van der Waals surface area contributed by atoms with Gasteiger partial charge in [0.25, 0.3) is 0 Å². The number of rotatable bonds is 9. The number of esters is 1. The summed E-state index contributed by atoms with van der Waals surface area (Å²) in [5.41, 5.74) is 4.53. The number of benzene rings is 2. The molecule has 0 amide bonds. The van der Waals surface area contributed by atoms with Crippen molar-refractivity contribution in [3.8, 4) is 51.1 Å². The van der Waals surface area contributed by atoms with E-state index in [0.29, 0.717) is 58.2 Å². The van der Waals surface area contributed by atoms with Gasteiger partial charge in [-0.25, -0.2) is 4.79 Å². The zero-order valence-corrected chi connectivity index (χ0v) is 21.6. The smallest absolute Gasteiger partial charge is 0.387 e. The van der Waals surface area contributed by atoms with E-state index >= 15 is 0 Å². The van der Waals surface area contributed by atoms with Gasteiger partial charge in [0.05, 0.1) is 46.3 Å². The van der Waals surface area contributed by atoms with Gasteiger partial charge in [-0.05, 0) is 55.7 Å². The molecule has 0 radical (unpaired) electrons. The summed E-state index contributed by atoms with van der Waals surface area (Å²) in [4.78, 5) is 13.5. The minimum Gasteiger partial charge on any atom is -0.493 e. The first-order valence-corrected chi connectivity index (χ1v) is 11.7. The molecule has 0 saturated heterocycles. The number of alkyl halides is 2. The molecule has 3 aromatic rings. The van der Waals surface area contributed by atoms with Crippen LogP contribution in [0.5, 0.6) is 28.7 Å². The van der Waals surface area contributed by atoms with Gasteiger partial charge in [0, 0.05) is 23.4 Å². The number of methoxy groups -OCH3 is 4. The second-order valence-electron chi connectivity index (χ2n) is 8.26. The molecule has 1 aliphatic rings. The van der Waals surface area contributed by atoms with E-state index in [4.69, 9.17) is 23.7 Å². The highest BCUT2D eigenvalue weighted by atomic mass is 19.3. The van der Waals surface area contributed by atoms with Crippen molar-refractivity contribution in [2.75, 3.05) is 35.0 Å². The highest BCUT2D eigenvalue weighted by Gasteiger charge is 2.33. The van der Waals surface area contributed by atoms with E-state index in [1.165, 1.54) is 28.4 Å². The van der Waals surface area contributed by atoms with Crippen LogP contribution < -0.4 is 23.7 Å². The number of hydrogen-bond acceptors (Lipinski definition) is 7. The number of ether oxygens (including phenoxy) is 6. The Kier molecular flexibility index (Phi) is 7.47. The number of aryl methyl sites for hydroxylation is 1. The molecule has 0 N–H and O–H groups in total. The van der Waals surface area contributed by atoms with E-state index in [0.717, 1.165) is 11.3 Å². The van der Waals surface area contributed by atoms with Crippen LogP contribution in [0.25, 0.3) is 22.4 Å². The molecule has 0 spiro atoms. The summed E-state index contributed by atoms with van der Waals surface area (Å²) in [7, 11) is 5.93. The van der Waals surface area contributed by atoms with Gasteiger partial charge in [0.1, 0.15) is 0 Å². The van der Waals surface area contributed by atoms with E-state index in [1.807, 2.05) is 11.5 Å². The SMILES string of the molecule is CCOC(=O)c1c(-c2cc(OC)c(OC)c(OC)c2)c(C)n2c1-c1cc(OC)c(OC(F)F)cc1CC2. The monoisotopic (exact) mass is 517 g/mol. The van der Waals surface area contributed by atoms with Gasteiger partial charge in [-0.1, -0.05) is 0 Å². The van der Waals surface area contributed by atoms with Crippen LogP contribution in [0, 0.1) is 6.92 Å². The van der Waals surface area contributed by atoms with Crippen LogP contribution in [0.1, 0.15) is 28.5 Å². The molecular formula is C27H29F2NO7. The van der Waals surface area contributed by atoms with E-state index in [9.17, 15) is 13.6 Å². The van der Waals surface area contributed by atoms with Crippen molar-refractivity contribution >= 4 is 5.97 Å². The number of hydrogen-bond donors (Lipinski definition) is 0. The summed E-state index contributed by atoms with van der Waals surface area (Å²) in [6, 6.07) is 6.72. The second-order valence-corrected chi connectivity index (χ2v) is 8.26. The maximum atomic E-state index is 13.5. The predicted molar refractivity (Wildman–Crippen MR) is 133 cm³/mol. The third-order valence-electron chi connectivity index (χ3n) is 6.42. The van der Waals surface area contributed by atoms with Crippen LogP contribution in [0.3, 0.4) is 0 Å². The second kappa shape index (κ2) is 10.6. The summed E-state index contributed by atoms with van der Waals surface area (Å²) in [6.07, 6.45) is 0.540. The van der Waals surface area contributed by atoms with Crippen LogP contribution in [0.4, 0.5) is 8.78 Å². The minimum atomic E-state index is -3.00. The zero-order valence-electron chi connectivity index (χ0n) is 21.6. The molecule has 198 valence electrons. The minimum absolute atomic E-state index is 0.0597. The van der Waals surface area contributed by atoms with Crippen molar-refractivity contribution in [1.29, 1.82) is 0 Å². The molecule has 0 aliphatic carbocycles. The fourth-order valence-corrected chi connectivity index (χ4v) is 4.89. The topological polar surface area (TPSA) is 77.4 Å². The normalized spacial score (nSPS) is 12.0. The van der Waals surface area contributed by atoms with Crippen LogP contribution >= 0.6 is 0 Å². The molecule has 0 unspecified atom stereocenters. The van der Waals surface area contributed by atoms with Crippen molar-refractivity contribution in [3.05, 3.63) is 41.1 Å². The molecule has 10 heteroatoms. The van der Waals surface area contributed by atoms with Crippen molar-refractivity contribution in [2.24, 2.45) is 0 Å². The van der Waals surface area contributed by atoms with Crippen LogP contribution in [0.15, 0.2) is 24.3 Å². The summed E-state index contributed by atoms with van der Waals surface area (Å²) >= 11 is 0. The summed E-state index contributed by atoms with van der Waals surface area (Å²) in [5, 5.41) is 0. The Balaban J connectivity index is 2.03. The Labute approximate surface area is 213 Å². The van der Waals surface area contributed by atoms with E-state index < -0.39 is 12.6 Å². The van der Waals surface area contributed by atoms with Crippen LogP contribution in [-0.2, 0) is 17.7 Å². The van der Waals surface area contributed by atoms with Crippen molar-refractivity contribution in [3.63, 3.8) is 0 Å². The van der Waals surface area contributed by atoms with Gasteiger partial charge in [-0.15, -0.1) is 0 Å². The largest absolute Gasteiger partial charge is 0.493 e. The first kappa shape index (κ1) is 26.1. The number of carbonyl (C=O) groups is 1. The molecule has 1 aliphatic heterocycles. The number of fused-ring (bicyclic) bond motifs is 3. The van der Waals surface area contributed by atoms with Crippen molar-refractivity contribution in [2.45, 2.75) is 33.4 Å². The standard InChI is InChI=1S/C27H29F2NO7/c1-7-36-26(31)23-22(16-11-20(33-4)25(35-6)21(12-16)34-5)14(2)30-9-8-15-10-19(37-27(28)29)18(32-3)13-17(15)24(23)30/h10-13,27H,7-9H2,1-6H3. The van der Waals surface area contributed by atoms with Gasteiger partial charge in [-0.2, -0.15) is 8.78 Å². The zero-order chi connectivity index (χ0) is 26.9. The quantitative estimate of drug-likeness (QED) is 0.347. The van der Waals surface area contributed by atoms with Gasteiger partial charge in [0.2, 0.25) is 5.75 Å². The first-order valence-electron chi connectivity index (χ1n) is 11.7. The third kappa shape index (κ3) is 4.52. The molecule has 37 heavy (non-hydrogen) atoms. The number of carbonyl (C=O) groups excluding carboxylic acids is 1. The average molecular weight is 518 g/mol. The highest BCUT2D eigenvalue weighted by Crippen LogP contribution is 2.48. The molecule has 4 rings (SSSR count).